The number of nitrogens with one attached hydrogen (secondary N) is 1. The molecule has 0 spiro atoms. The van der Waals surface area contributed by atoms with E-state index in [0.29, 0.717) is 25.5 Å². The van der Waals surface area contributed by atoms with Crippen molar-refractivity contribution in [1.29, 1.82) is 0 Å². The average molecular weight is 422 g/mol. The summed E-state index contributed by atoms with van der Waals surface area (Å²) in [6.45, 7) is 7.49. The second-order valence-electron chi connectivity index (χ2n) is 10.1. The van der Waals surface area contributed by atoms with E-state index in [4.69, 9.17) is 9.47 Å². The molecule has 0 heterocycles. The summed E-state index contributed by atoms with van der Waals surface area (Å²) in [7, 11) is 3.29. The minimum atomic E-state index is -0.538. The maximum atomic E-state index is 12.7. The summed E-state index contributed by atoms with van der Waals surface area (Å²) in [5.74, 6) is 0.249. The van der Waals surface area contributed by atoms with E-state index in [1.807, 2.05) is 14.0 Å². The van der Waals surface area contributed by atoms with Crippen LogP contribution in [0.2, 0.25) is 0 Å². The summed E-state index contributed by atoms with van der Waals surface area (Å²) in [6.07, 6.45) is 6.48. The van der Waals surface area contributed by atoms with E-state index in [-0.39, 0.29) is 35.1 Å². The van der Waals surface area contributed by atoms with E-state index in [0.717, 1.165) is 37.7 Å². The van der Waals surface area contributed by atoms with Crippen LogP contribution in [0, 0.1) is 34.5 Å². The highest BCUT2D eigenvalue weighted by molar-refractivity contribution is 5.83. The zero-order chi connectivity index (χ0) is 22.1. The van der Waals surface area contributed by atoms with Crippen LogP contribution < -0.4 is 5.32 Å². The summed E-state index contributed by atoms with van der Waals surface area (Å²) in [5.41, 5.74) is 0.542. The highest BCUT2D eigenvalue weighted by Crippen LogP contribution is 2.65. The van der Waals surface area contributed by atoms with Crippen LogP contribution in [0.5, 0.6) is 0 Å². The molecule has 0 aromatic heterocycles. The van der Waals surface area contributed by atoms with Gasteiger partial charge in [0.2, 0.25) is 0 Å². The highest BCUT2D eigenvalue weighted by Gasteiger charge is 2.62. The molecule has 0 bridgehead atoms. The molecule has 3 aliphatic rings. The van der Waals surface area contributed by atoms with Crippen LogP contribution in [-0.2, 0) is 19.1 Å². The molecule has 0 saturated heterocycles. The molecule has 3 aliphatic carbocycles. The fourth-order valence-corrected chi connectivity index (χ4v) is 7.12. The molecule has 170 valence electrons. The summed E-state index contributed by atoms with van der Waals surface area (Å²) in [6, 6.07) is 0. The van der Waals surface area contributed by atoms with Crippen LogP contribution >= 0.6 is 0 Å². The van der Waals surface area contributed by atoms with Crippen molar-refractivity contribution < 1.29 is 24.2 Å². The molecule has 0 aromatic rings. The van der Waals surface area contributed by atoms with Gasteiger partial charge >= 0.3 is 11.9 Å². The number of methoxy groups -OCH3 is 1. The molecule has 7 atom stereocenters. The Balaban J connectivity index is 1.83. The Morgan fingerprint density at radius 2 is 2.03 bits per heavy atom. The summed E-state index contributed by atoms with van der Waals surface area (Å²) >= 11 is 0. The lowest BCUT2D eigenvalue weighted by Crippen LogP contribution is -2.60. The van der Waals surface area contributed by atoms with Crippen molar-refractivity contribution in [1.82, 2.24) is 5.32 Å². The quantitative estimate of drug-likeness (QED) is 0.403. The number of rotatable bonds is 5. The van der Waals surface area contributed by atoms with E-state index < -0.39 is 11.5 Å². The molecular formula is C24H39NO5. The van der Waals surface area contributed by atoms with Gasteiger partial charge in [-0.05, 0) is 75.2 Å². The van der Waals surface area contributed by atoms with E-state index >= 15 is 0 Å². The van der Waals surface area contributed by atoms with Gasteiger partial charge in [0.05, 0.1) is 18.6 Å². The molecule has 2 N–H and O–H groups in total. The number of esters is 2. The standard InChI is InChI=1S/C24H39NO5/c1-15-16(13-20(27)30-12-11-25-4)7-8-17-21(15)18(26)14-19-23(17,2)9-6-10-24(19,3)22(28)29-5/h13,15,17-19,21,25-26H,6-12,14H2,1-5H3/b16-13-/t15-,17-,18-,19+,21-,23+,24-/m0/s1. The Labute approximate surface area is 180 Å². The van der Waals surface area contributed by atoms with E-state index in [9.17, 15) is 14.7 Å². The van der Waals surface area contributed by atoms with Crippen LogP contribution in [-0.4, -0.2) is 50.5 Å². The predicted octanol–water partition coefficient (Wildman–Crippen LogP) is 3.09. The molecule has 3 saturated carbocycles. The maximum absolute atomic E-state index is 12.7. The van der Waals surface area contributed by atoms with E-state index in [2.05, 4.69) is 19.2 Å². The van der Waals surface area contributed by atoms with Gasteiger partial charge in [0.25, 0.3) is 0 Å². The van der Waals surface area contributed by atoms with Crippen LogP contribution in [0.3, 0.4) is 0 Å². The topological polar surface area (TPSA) is 84.9 Å². The molecule has 0 unspecified atom stereocenters. The SMILES string of the molecule is CNCCOC(=O)/C=C1/CC[C@H]2[C@@H]([C@@H](O)C[C@@H]3[C@]2(C)CCC[C@]3(C)C(=O)OC)[C@H]1C. The van der Waals surface area contributed by atoms with Crippen molar-refractivity contribution in [2.45, 2.75) is 65.4 Å². The third-order valence-electron chi connectivity index (χ3n) is 8.67. The molecular weight excluding hydrogens is 382 g/mol. The molecule has 3 fully saturated rings. The van der Waals surface area contributed by atoms with Gasteiger partial charge in [-0.25, -0.2) is 4.79 Å². The Morgan fingerprint density at radius 1 is 1.30 bits per heavy atom. The van der Waals surface area contributed by atoms with Crippen molar-refractivity contribution in [3.05, 3.63) is 11.6 Å². The van der Waals surface area contributed by atoms with Gasteiger partial charge in [0.15, 0.2) is 0 Å². The van der Waals surface area contributed by atoms with Crippen molar-refractivity contribution in [2.24, 2.45) is 34.5 Å². The van der Waals surface area contributed by atoms with Gasteiger partial charge in [0.1, 0.15) is 6.61 Å². The Kier molecular flexibility index (Phi) is 6.97. The van der Waals surface area contributed by atoms with Crippen molar-refractivity contribution in [3.63, 3.8) is 0 Å². The van der Waals surface area contributed by atoms with Crippen LogP contribution in [0.1, 0.15) is 59.3 Å². The van der Waals surface area contributed by atoms with Crippen LogP contribution in [0.4, 0.5) is 0 Å². The zero-order valence-corrected chi connectivity index (χ0v) is 19.2. The Hall–Kier alpha value is -1.40. The number of hydrogen-bond donors (Lipinski definition) is 2. The van der Waals surface area contributed by atoms with Crippen LogP contribution in [0.25, 0.3) is 0 Å². The smallest absolute Gasteiger partial charge is 0.330 e. The molecule has 0 amide bonds. The maximum Gasteiger partial charge on any atom is 0.330 e. The van der Waals surface area contributed by atoms with E-state index in [1.165, 1.54) is 7.11 Å². The minimum Gasteiger partial charge on any atom is -0.469 e. The number of fused-ring (bicyclic) bond motifs is 3. The summed E-state index contributed by atoms with van der Waals surface area (Å²) < 4.78 is 10.5. The number of aliphatic hydroxyl groups is 1. The summed E-state index contributed by atoms with van der Waals surface area (Å²) in [5, 5.41) is 14.2. The van der Waals surface area contributed by atoms with Gasteiger partial charge < -0.3 is 19.9 Å². The second-order valence-corrected chi connectivity index (χ2v) is 10.1. The van der Waals surface area contributed by atoms with Gasteiger partial charge in [0, 0.05) is 12.6 Å². The molecule has 3 rings (SSSR count). The Morgan fingerprint density at radius 3 is 2.70 bits per heavy atom. The summed E-state index contributed by atoms with van der Waals surface area (Å²) in [4.78, 5) is 24.9. The Bertz CT molecular complexity index is 691. The molecule has 30 heavy (non-hydrogen) atoms. The second kappa shape index (κ2) is 8.99. The molecule has 0 aromatic carbocycles. The lowest BCUT2D eigenvalue weighted by Gasteiger charge is -2.62. The zero-order valence-electron chi connectivity index (χ0n) is 19.2. The number of carbonyl (C=O) groups is 2. The third kappa shape index (κ3) is 3.93. The number of allylic oxidation sites excluding steroid dienone is 1. The lowest BCUT2D eigenvalue weighted by molar-refractivity contribution is -0.189. The number of carbonyl (C=O) groups excluding carboxylic acids is 2. The van der Waals surface area contributed by atoms with Crippen molar-refractivity contribution >= 4 is 11.9 Å². The van der Waals surface area contributed by atoms with Gasteiger partial charge in [-0.1, -0.05) is 25.8 Å². The lowest BCUT2D eigenvalue weighted by atomic mass is 9.42. The number of ether oxygens (including phenoxy) is 2. The van der Waals surface area contributed by atoms with Crippen molar-refractivity contribution in [3.8, 4) is 0 Å². The molecule has 0 aliphatic heterocycles. The third-order valence-corrected chi connectivity index (χ3v) is 8.67. The van der Waals surface area contributed by atoms with Crippen molar-refractivity contribution in [2.75, 3.05) is 27.3 Å². The highest BCUT2D eigenvalue weighted by atomic mass is 16.5. The molecule has 6 heteroatoms. The first kappa shape index (κ1) is 23.3. The first-order valence-corrected chi connectivity index (χ1v) is 11.5. The fraction of sp³-hybridized carbons (Fsp3) is 0.833. The van der Waals surface area contributed by atoms with E-state index in [1.54, 1.807) is 6.08 Å². The molecule has 0 radical (unpaired) electrons. The monoisotopic (exact) mass is 421 g/mol. The minimum absolute atomic E-state index is 0.00180. The predicted molar refractivity (Wildman–Crippen MR) is 115 cm³/mol. The number of aliphatic hydroxyl groups excluding tert-OH is 1. The fourth-order valence-electron chi connectivity index (χ4n) is 7.12. The first-order valence-electron chi connectivity index (χ1n) is 11.5. The number of likely N-dealkylation sites (N-methyl/N-ethyl adjacent to an activating group) is 1. The number of hydrogen-bond acceptors (Lipinski definition) is 6. The molecule has 6 nitrogen and oxygen atoms in total. The largest absolute Gasteiger partial charge is 0.469 e. The van der Waals surface area contributed by atoms with Gasteiger partial charge in [-0.15, -0.1) is 0 Å². The average Bonchev–Trinajstić information content (AvgIpc) is 2.71. The normalized spacial score (nSPS) is 42.2. The van der Waals surface area contributed by atoms with Crippen LogP contribution in [0.15, 0.2) is 11.6 Å². The first-order chi connectivity index (χ1) is 14.2. The van der Waals surface area contributed by atoms with Gasteiger partial charge in [-0.2, -0.15) is 0 Å². The van der Waals surface area contributed by atoms with Gasteiger partial charge in [-0.3, -0.25) is 4.79 Å².